The Balaban J connectivity index is 2.03. The van der Waals surface area contributed by atoms with Gasteiger partial charge in [-0.25, -0.2) is 4.39 Å². The van der Waals surface area contributed by atoms with E-state index < -0.39 is 0 Å². The van der Waals surface area contributed by atoms with Gasteiger partial charge in [-0.05, 0) is 24.5 Å². The summed E-state index contributed by atoms with van der Waals surface area (Å²) in [5, 5.41) is 3.51. The first-order chi connectivity index (χ1) is 8.19. The molecule has 1 aliphatic carbocycles. The number of ether oxygens (including phenoxy) is 1. The third-order valence-corrected chi connectivity index (χ3v) is 3.61. The van der Waals surface area contributed by atoms with Crippen LogP contribution >= 0.6 is 11.6 Å². The maximum atomic E-state index is 13.9. The fourth-order valence-corrected chi connectivity index (χ4v) is 2.28. The monoisotopic (exact) mass is 257 g/mol. The Bertz CT molecular complexity index is 393. The van der Waals surface area contributed by atoms with Crippen LogP contribution < -0.4 is 5.32 Å². The summed E-state index contributed by atoms with van der Waals surface area (Å²) in [4.78, 5) is 0. The molecule has 1 aliphatic rings. The van der Waals surface area contributed by atoms with Gasteiger partial charge in [-0.1, -0.05) is 23.7 Å². The molecule has 0 aromatic heterocycles. The molecule has 2 nitrogen and oxygen atoms in total. The van der Waals surface area contributed by atoms with Gasteiger partial charge in [-0.3, -0.25) is 0 Å². The molecule has 0 amide bonds. The highest BCUT2D eigenvalue weighted by atomic mass is 35.5. The minimum Gasteiger partial charge on any atom is -0.383 e. The largest absolute Gasteiger partial charge is 0.383 e. The number of rotatable bonds is 6. The lowest BCUT2D eigenvalue weighted by molar-refractivity contribution is 0.198. The normalized spacial score (nSPS) is 17.1. The fraction of sp³-hybridized carbons (Fsp3) is 0.538. The van der Waals surface area contributed by atoms with Gasteiger partial charge in [-0.2, -0.15) is 0 Å². The smallest absolute Gasteiger partial charge is 0.145 e. The third-order valence-electron chi connectivity index (χ3n) is 3.32. The van der Waals surface area contributed by atoms with Crippen molar-refractivity contribution in [2.45, 2.75) is 18.3 Å². The number of halogens is 2. The Labute approximate surface area is 106 Å². The number of benzene rings is 1. The molecular weight excluding hydrogens is 241 g/mol. The second kappa shape index (κ2) is 5.34. The van der Waals surface area contributed by atoms with Gasteiger partial charge >= 0.3 is 0 Å². The Morgan fingerprint density at radius 2 is 2.24 bits per heavy atom. The van der Waals surface area contributed by atoms with Crippen LogP contribution in [-0.2, 0) is 10.2 Å². The fourth-order valence-electron chi connectivity index (χ4n) is 2.11. The molecule has 17 heavy (non-hydrogen) atoms. The van der Waals surface area contributed by atoms with Crippen LogP contribution in [0, 0.1) is 5.82 Å². The molecule has 94 valence electrons. The van der Waals surface area contributed by atoms with E-state index in [1.165, 1.54) is 0 Å². The van der Waals surface area contributed by atoms with Crippen LogP contribution in [0.15, 0.2) is 18.2 Å². The van der Waals surface area contributed by atoms with Gasteiger partial charge in [0.25, 0.3) is 0 Å². The first kappa shape index (κ1) is 12.8. The van der Waals surface area contributed by atoms with Crippen molar-refractivity contribution in [3.63, 3.8) is 0 Å². The Hall–Kier alpha value is -0.640. The third kappa shape index (κ3) is 2.79. The maximum absolute atomic E-state index is 13.9. The minimum atomic E-state index is -0.264. The van der Waals surface area contributed by atoms with Gasteiger partial charge in [0.15, 0.2) is 0 Å². The molecule has 1 aromatic rings. The molecule has 0 spiro atoms. The van der Waals surface area contributed by atoms with Gasteiger partial charge in [0.1, 0.15) is 5.82 Å². The second-order valence-corrected chi connectivity index (χ2v) is 4.96. The van der Waals surface area contributed by atoms with Gasteiger partial charge in [0, 0.05) is 25.6 Å². The van der Waals surface area contributed by atoms with Crippen LogP contribution in [0.3, 0.4) is 0 Å². The van der Waals surface area contributed by atoms with Crippen molar-refractivity contribution in [1.82, 2.24) is 5.32 Å². The molecule has 1 fully saturated rings. The molecule has 1 aromatic carbocycles. The van der Waals surface area contributed by atoms with Crippen LogP contribution in [0.1, 0.15) is 18.4 Å². The number of nitrogens with one attached hydrogen (secondary N) is 1. The number of hydrogen-bond acceptors (Lipinski definition) is 2. The lowest BCUT2D eigenvalue weighted by Gasteiger charge is -2.17. The molecule has 2 rings (SSSR count). The molecule has 0 atom stereocenters. The average molecular weight is 258 g/mol. The average Bonchev–Trinajstić information content (AvgIpc) is 3.09. The van der Waals surface area contributed by atoms with Gasteiger partial charge in [0.2, 0.25) is 0 Å². The van der Waals surface area contributed by atoms with E-state index in [1.54, 1.807) is 13.2 Å². The summed E-state index contributed by atoms with van der Waals surface area (Å²) < 4.78 is 18.9. The molecule has 0 bridgehead atoms. The summed E-state index contributed by atoms with van der Waals surface area (Å²) in [5.41, 5.74) is 0.692. The summed E-state index contributed by atoms with van der Waals surface area (Å²) in [5.74, 6) is -0.264. The summed E-state index contributed by atoms with van der Waals surface area (Å²) in [7, 11) is 1.67. The highest BCUT2D eigenvalue weighted by molar-refractivity contribution is 6.30. The van der Waals surface area contributed by atoms with Crippen LogP contribution in [-0.4, -0.2) is 26.8 Å². The van der Waals surface area contributed by atoms with Crippen LogP contribution in [0.2, 0.25) is 5.02 Å². The van der Waals surface area contributed by atoms with Gasteiger partial charge in [0.05, 0.1) is 11.6 Å². The van der Waals surface area contributed by atoms with E-state index >= 15 is 0 Å². The predicted octanol–water partition coefficient (Wildman–Crippen LogP) is 2.75. The van der Waals surface area contributed by atoms with E-state index in [4.69, 9.17) is 16.3 Å². The molecule has 1 saturated carbocycles. The lowest BCUT2D eigenvalue weighted by Crippen LogP contribution is -2.30. The van der Waals surface area contributed by atoms with Crippen LogP contribution in [0.25, 0.3) is 0 Å². The molecule has 0 heterocycles. The minimum absolute atomic E-state index is 0.0529. The van der Waals surface area contributed by atoms with Crippen molar-refractivity contribution >= 4 is 11.6 Å². The van der Waals surface area contributed by atoms with Crippen molar-refractivity contribution in [1.29, 1.82) is 0 Å². The lowest BCUT2D eigenvalue weighted by atomic mass is 9.95. The second-order valence-electron chi connectivity index (χ2n) is 4.55. The molecule has 0 saturated heterocycles. The van der Waals surface area contributed by atoms with E-state index in [0.29, 0.717) is 6.61 Å². The maximum Gasteiger partial charge on any atom is 0.145 e. The van der Waals surface area contributed by atoms with Crippen molar-refractivity contribution in [2.75, 3.05) is 26.8 Å². The standard InChI is InChI=1S/C13H17ClFNO/c1-17-8-7-16-9-13(5-6-13)10-3-2-4-11(14)12(10)15/h2-4,16H,5-9H2,1H3. The first-order valence-electron chi connectivity index (χ1n) is 5.84. The molecular formula is C13H17ClFNO. The van der Waals surface area contributed by atoms with E-state index in [1.807, 2.05) is 12.1 Å². The summed E-state index contributed by atoms with van der Waals surface area (Å²) in [6, 6.07) is 5.25. The molecule has 4 heteroatoms. The molecule has 0 unspecified atom stereocenters. The van der Waals surface area contributed by atoms with Gasteiger partial charge in [-0.15, -0.1) is 0 Å². The topological polar surface area (TPSA) is 21.3 Å². The Morgan fingerprint density at radius 3 is 2.88 bits per heavy atom. The molecule has 0 aliphatic heterocycles. The van der Waals surface area contributed by atoms with E-state index in [9.17, 15) is 4.39 Å². The van der Waals surface area contributed by atoms with E-state index in [0.717, 1.165) is 31.5 Å². The van der Waals surface area contributed by atoms with Crippen molar-refractivity contribution in [2.24, 2.45) is 0 Å². The van der Waals surface area contributed by atoms with Crippen LogP contribution in [0.5, 0.6) is 0 Å². The van der Waals surface area contributed by atoms with Crippen molar-refractivity contribution in [3.8, 4) is 0 Å². The van der Waals surface area contributed by atoms with E-state index in [-0.39, 0.29) is 16.3 Å². The van der Waals surface area contributed by atoms with Gasteiger partial charge < -0.3 is 10.1 Å². The van der Waals surface area contributed by atoms with Crippen molar-refractivity contribution < 1.29 is 9.13 Å². The molecule has 1 N–H and O–H groups in total. The van der Waals surface area contributed by atoms with Crippen molar-refractivity contribution in [3.05, 3.63) is 34.6 Å². The zero-order chi connectivity index (χ0) is 12.3. The van der Waals surface area contributed by atoms with E-state index in [2.05, 4.69) is 5.32 Å². The zero-order valence-corrected chi connectivity index (χ0v) is 10.7. The first-order valence-corrected chi connectivity index (χ1v) is 6.21. The number of methoxy groups -OCH3 is 1. The quantitative estimate of drug-likeness (QED) is 0.792. The summed E-state index contributed by atoms with van der Waals surface area (Å²) >= 11 is 5.82. The number of hydrogen-bond donors (Lipinski definition) is 1. The zero-order valence-electron chi connectivity index (χ0n) is 9.93. The summed E-state index contributed by atoms with van der Waals surface area (Å²) in [6.45, 7) is 2.25. The Morgan fingerprint density at radius 1 is 1.47 bits per heavy atom. The Kier molecular flexibility index (Phi) is 4.02. The highest BCUT2D eigenvalue weighted by Crippen LogP contribution is 2.49. The SMILES string of the molecule is COCCNCC1(c2cccc(Cl)c2F)CC1. The summed E-state index contributed by atoms with van der Waals surface area (Å²) in [6.07, 6.45) is 2.04. The van der Waals surface area contributed by atoms with Crippen LogP contribution in [0.4, 0.5) is 4.39 Å². The highest BCUT2D eigenvalue weighted by Gasteiger charge is 2.45. The predicted molar refractivity (Wildman–Crippen MR) is 67.1 cm³/mol. The molecule has 0 radical (unpaired) electrons.